The lowest BCUT2D eigenvalue weighted by Gasteiger charge is -2.48. The zero-order valence-electron chi connectivity index (χ0n) is 17.3. The molecule has 0 amide bonds. The molecule has 2 fully saturated rings. The Hall–Kier alpha value is -3.86. The minimum Gasteiger partial charge on any atom is -0.497 e. The number of nitrogens with one attached hydrogen (secondary N) is 1. The average Bonchev–Trinajstić information content (AvgIpc) is 2.96. The molecule has 7 heteroatoms. The van der Waals surface area contributed by atoms with Gasteiger partial charge in [0.15, 0.2) is 5.41 Å². The van der Waals surface area contributed by atoms with Crippen LogP contribution in [-0.4, -0.2) is 13.0 Å². The third kappa shape index (κ3) is 2.37. The predicted molar refractivity (Wildman–Crippen MR) is 109 cm³/mol. The van der Waals surface area contributed by atoms with Crippen molar-refractivity contribution in [2.45, 2.75) is 25.7 Å². The zero-order valence-corrected chi connectivity index (χ0v) is 17.3. The van der Waals surface area contributed by atoms with Gasteiger partial charge in [0.2, 0.25) is 17.1 Å². The molecule has 1 N–H and O–H groups in total. The van der Waals surface area contributed by atoms with E-state index in [-0.39, 0.29) is 0 Å². The summed E-state index contributed by atoms with van der Waals surface area (Å²) in [5.41, 5.74) is -1.64. The number of nitrogens with zero attached hydrogens (tertiary/aromatic N) is 3. The summed E-state index contributed by atoms with van der Waals surface area (Å²) < 4.78 is 17.6. The zero-order chi connectivity index (χ0) is 22.4. The number of ether oxygens (including phenoxy) is 3. The Balaban J connectivity index is 2.00. The molecular formula is C24H20N4O3. The van der Waals surface area contributed by atoms with Gasteiger partial charge in [0, 0.05) is 5.56 Å². The molecule has 0 aromatic heterocycles. The lowest BCUT2D eigenvalue weighted by molar-refractivity contribution is -0.288. The lowest BCUT2D eigenvalue weighted by Crippen LogP contribution is -2.57. The molecule has 0 saturated carbocycles. The van der Waals surface area contributed by atoms with E-state index in [1.54, 1.807) is 31.2 Å². The van der Waals surface area contributed by atoms with Gasteiger partial charge in [0.05, 0.1) is 31.2 Å². The standard InChI is InChI=1S/C24H20N4O3/c1-15-4-8-18(9-5-15)24-16(2)23(14-27,21(28)31-24)22(12-25,13-26)20(30-24)17-6-10-19(29-3)11-7-17/h4-11,16,20,28H,1-3H3. The van der Waals surface area contributed by atoms with E-state index in [1.807, 2.05) is 43.3 Å². The maximum Gasteiger partial charge on any atom is 0.244 e. The number of hydrogen-bond acceptors (Lipinski definition) is 7. The molecule has 0 radical (unpaired) electrons. The van der Waals surface area contributed by atoms with Crippen molar-refractivity contribution in [1.29, 1.82) is 21.2 Å². The van der Waals surface area contributed by atoms with Crippen molar-refractivity contribution in [3.8, 4) is 24.0 Å². The summed E-state index contributed by atoms with van der Waals surface area (Å²) in [5, 5.41) is 39.4. The molecular weight excluding hydrogens is 392 g/mol. The third-order valence-corrected chi connectivity index (χ3v) is 6.54. The number of nitriles is 3. The molecule has 2 saturated heterocycles. The Labute approximate surface area is 180 Å². The highest BCUT2D eigenvalue weighted by atomic mass is 16.7. The SMILES string of the molecule is COc1ccc(C2OC3(c4ccc(C)cc4)OC(=N)C(C#N)(C3C)C2(C#N)C#N)cc1. The van der Waals surface area contributed by atoms with Crippen LogP contribution in [0.2, 0.25) is 0 Å². The van der Waals surface area contributed by atoms with E-state index in [0.29, 0.717) is 16.9 Å². The molecule has 154 valence electrons. The van der Waals surface area contributed by atoms with E-state index in [0.717, 1.165) is 5.56 Å². The third-order valence-electron chi connectivity index (χ3n) is 6.54. The van der Waals surface area contributed by atoms with Crippen molar-refractivity contribution in [3.63, 3.8) is 0 Å². The normalized spacial score (nSPS) is 30.4. The number of methoxy groups -OCH3 is 1. The van der Waals surface area contributed by atoms with Gasteiger partial charge in [0.1, 0.15) is 11.9 Å². The molecule has 4 atom stereocenters. The molecule has 0 spiro atoms. The molecule has 2 heterocycles. The van der Waals surface area contributed by atoms with Gasteiger partial charge in [0.25, 0.3) is 0 Å². The number of rotatable bonds is 3. The fraction of sp³-hybridized carbons (Fsp3) is 0.333. The first kappa shape index (κ1) is 20.4. The van der Waals surface area contributed by atoms with Gasteiger partial charge in [-0.3, -0.25) is 5.41 Å². The van der Waals surface area contributed by atoms with Crippen LogP contribution in [0.1, 0.15) is 29.7 Å². The van der Waals surface area contributed by atoms with Gasteiger partial charge in [-0.1, -0.05) is 48.9 Å². The molecule has 2 aliphatic rings. The summed E-state index contributed by atoms with van der Waals surface area (Å²) >= 11 is 0. The molecule has 2 aromatic rings. The number of hydrogen-bond donors (Lipinski definition) is 1. The second-order valence-electron chi connectivity index (χ2n) is 7.91. The van der Waals surface area contributed by atoms with Gasteiger partial charge in [-0.25, -0.2) is 0 Å². The number of aryl methyl sites for hydroxylation is 1. The highest BCUT2D eigenvalue weighted by molar-refractivity contribution is 5.89. The summed E-state index contributed by atoms with van der Waals surface area (Å²) in [4.78, 5) is 0. The molecule has 2 aliphatic heterocycles. The topological polar surface area (TPSA) is 123 Å². The Bertz CT molecular complexity index is 1160. The fourth-order valence-electron chi connectivity index (χ4n) is 4.73. The van der Waals surface area contributed by atoms with Crippen LogP contribution in [0.5, 0.6) is 5.75 Å². The predicted octanol–water partition coefficient (Wildman–Crippen LogP) is 4.12. The smallest absolute Gasteiger partial charge is 0.244 e. The molecule has 4 rings (SSSR count). The Kier molecular flexibility index (Phi) is 4.51. The summed E-state index contributed by atoms with van der Waals surface area (Å²) in [6.45, 7) is 3.64. The Morgan fingerprint density at radius 3 is 2.10 bits per heavy atom. The first-order chi connectivity index (χ1) is 14.8. The van der Waals surface area contributed by atoms with E-state index in [1.165, 1.54) is 7.11 Å². The minimum absolute atomic E-state index is 0.429. The monoisotopic (exact) mass is 412 g/mol. The lowest BCUT2D eigenvalue weighted by atomic mass is 9.53. The molecule has 31 heavy (non-hydrogen) atoms. The Morgan fingerprint density at radius 1 is 0.968 bits per heavy atom. The second kappa shape index (κ2) is 6.84. The van der Waals surface area contributed by atoms with E-state index in [2.05, 4.69) is 6.07 Å². The van der Waals surface area contributed by atoms with Crippen molar-refractivity contribution in [2.75, 3.05) is 7.11 Å². The van der Waals surface area contributed by atoms with Gasteiger partial charge in [-0.2, -0.15) is 15.8 Å². The summed E-state index contributed by atoms with van der Waals surface area (Å²) in [5.74, 6) is -2.10. The van der Waals surface area contributed by atoms with Crippen LogP contribution >= 0.6 is 0 Å². The van der Waals surface area contributed by atoms with Gasteiger partial charge >= 0.3 is 0 Å². The maximum absolute atomic E-state index is 10.3. The maximum atomic E-state index is 10.3. The summed E-state index contributed by atoms with van der Waals surface area (Å²) in [6.07, 6.45) is -1.13. The van der Waals surface area contributed by atoms with Gasteiger partial charge < -0.3 is 14.2 Å². The number of benzene rings is 2. The van der Waals surface area contributed by atoms with Crippen LogP contribution in [0.4, 0.5) is 0 Å². The van der Waals surface area contributed by atoms with Crippen LogP contribution in [-0.2, 0) is 15.3 Å². The Morgan fingerprint density at radius 2 is 1.58 bits per heavy atom. The van der Waals surface area contributed by atoms with Crippen molar-refractivity contribution in [1.82, 2.24) is 0 Å². The molecule has 0 aliphatic carbocycles. The number of fused-ring (bicyclic) bond motifs is 2. The van der Waals surface area contributed by atoms with E-state index in [4.69, 9.17) is 19.6 Å². The summed E-state index contributed by atoms with van der Waals surface area (Å²) in [6, 6.07) is 20.4. The van der Waals surface area contributed by atoms with E-state index >= 15 is 0 Å². The van der Waals surface area contributed by atoms with Gasteiger partial charge in [-0.15, -0.1) is 0 Å². The van der Waals surface area contributed by atoms with Crippen LogP contribution in [0.15, 0.2) is 48.5 Å². The van der Waals surface area contributed by atoms with Crippen LogP contribution in [0.25, 0.3) is 0 Å². The van der Waals surface area contributed by atoms with Crippen molar-refractivity contribution < 1.29 is 14.2 Å². The van der Waals surface area contributed by atoms with Gasteiger partial charge in [-0.05, 0) is 24.6 Å². The average molecular weight is 412 g/mol. The molecule has 4 unspecified atom stereocenters. The first-order valence-corrected chi connectivity index (χ1v) is 9.76. The fourth-order valence-corrected chi connectivity index (χ4v) is 4.73. The van der Waals surface area contributed by atoms with Crippen molar-refractivity contribution >= 4 is 5.90 Å². The van der Waals surface area contributed by atoms with E-state index < -0.39 is 34.5 Å². The highest BCUT2D eigenvalue weighted by Crippen LogP contribution is 2.68. The molecule has 2 bridgehead atoms. The van der Waals surface area contributed by atoms with Crippen LogP contribution < -0.4 is 4.74 Å². The minimum atomic E-state index is -1.99. The van der Waals surface area contributed by atoms with Crippen molar-refractivity contribution in [2.24, 2.45) is 16.7 Å². The molecule has 7 nitrogen and oxygen atoms in total. The van der Waals surface area contributed by atoms with Crippen molar-refractivity contribution in [3.05, 3.63) is 65.2 Å². The van der Waals surface area contributed by atoms with Crippen LogP contribution in [0, 0.1) is 63.1 Å². The molecule has 2 aromatic carbocycles. The van der Waals surface area contributed by atoms with E-state index in [9.17, 15) is 15.8 Å². The first-order valence-electron chi connectivity index (χ1n) is 9.76. The highest BCUT2D eigenvalue weighted by Gasteiger charge is 2.79. The second-order valence-corrected chi connectivity index (χ2v) is 7.91. The summed E-state index contributed by atoms with van der Waals surface area (Å²) in [7, 11) is 1.54. The quantitative estimate of drug-likeness (QED) is 0.809. The van der Waals surface area contributed by atoms with Crippen LogP contribution in [0.3, 0.4) is 0 Å². The largest absolute Gasteiger partial charge is 0.497 e.